The van der Waals surface area contributed by atoms with E-state index in [1.165, 1.54) is 0 Å². The minimum absolute atomic E-state index is 0.346. The molecule has 4 nitrogen and oxygen atoms in total. The second-order valence-electron chi connectivity index (χ2n) is 5.85. The normalized spacial score (nSPS) is 10.5. The molecule has 0 aromatic heterocycles. The van der Waals surface area contributed by atoms with Crippen molar-refractivity contribution in [3.8, 4) is 11.8 Å². The van der Waals surface area contributed by atoms with Crippen molar-refractivity contribution in [2.24, 2.45) is 5.10 Å². The predicted molar refractivity (Wildman–Crippen MR) is 108 cm³/mol. The van der Waals surface area contributed by atoms with Crippen molar-refractivity contribution in [3.63, 3.8) is 0 Å². The van der Waals surface area contributed by atoms with Crippen molar-refractivity contribution in [1.82, 2.24) is 5.43 Å². The molecule has 5 heteroatoms. The number of hydrogen-bond donors (Lipinski definition) is 1. The molecule has 3 aromatic carbocycles. The molecule has 0 atom stereocenters. The van der Waals surface area contributed by atoms with Crippen molar-refractivity contribution in [1.29, 1.82) is 5.26 Å². The molecule has 0 heterocycles. The first-order valence-corrected chi connectivity index (χ1v) is 8.83. The monoisotopic (exact) mass is 375 g/mol. The van der Waals surface area contributed by atoms with Gasteiger partial charge in [0, 0.05) is 10.6 Å². The van der Waals surface area contributed by atoms with E-state index in [9.17, 15) is 0 Å². The summed E-state index contributed by atoms with van der Waals surface area (Å²) >= 11 is 5.87. The summed E-state index contributed by atoms with van der Waals surface area (Å²) in [6.07, 6.45) is 1.74. The van der Waals surface area contributed by atoms with Crippen LogP contribution >= 0.6 is 11.6 Å². The third kappa shape index (κ3) is 5.60. The van der Waals surface area contributed by atoms with Gasteiger partial charge in [0.05, 0.1) is 24.4 Å². The molecule has 0 aliphatic carbocycles. The minimum atomic E-state index is 0.346. The maximum atomic E-state index is 9.14. The fourth-order valence-corrected chi connectivity index (χ4v) is 2.59. The molecule has 3 rings (SSSR count). The van der Waals surface area contributed by atoms with Crippen molar-refractivity contribution in [2.75, 3.05) is 0 Å². The minimum Gasteiger partial charge on any atom is -0.489 e. The number of nitriles is 1. The number of hydrogen-bond acceptors (Lipinski definition) is 4. The standard InChI is InChI=1S/C22H18ClN3O/c23-21-10-8-17(9-11-21)14-25-26-15-18-4-3-7-22(12-18)27-16-20-6-2-1-5-19(20)13-24/h1-12,15,25H,14,16H2/b26-15-. The summed E-state index contributed by atoms with van der Waals surface area (Å²) in [7, 11) is 0. The molecule has 0 spiro atoms. The summed E-state index contributed by atoms with van der Waals surface area (Å²) in [5, 5.41) is 14.1. The van der Waals surface area contributed by atoms with Crippen LogP contribution in [0.4, 0.5) is 0 Å². The van der Waals surface area contributed by atoms with Crippen LogP contribution in [-0.4, -0.2) is 6.21 Å². The number of ether oxygens (including phenoxy) is 1. The van der Waals surface area contributed by atoms with E-state index in [1.807, 2.05) is 66.7 Å². The highest BCUT2D eigenvalue weighted by Crippen LogP contribution is 2.16. The van der Waals surface area contributed by atoms with Crippen LogP contribution in [0.15, 0.2) is 77.9 Å². The van der Waals surface area contributed by atoms with E-state index in [-0.39, 0.29) is 0 Å². The lowest BCUT2D eigenvalue weighted by molar-refractivity contribution is 0.306. The summed E-state index contributed by atoms with van der Waals surface area (Å²) in [6, 6.07) is 24.9. The fraction of sp³-hybridized carbons (Fsp3) is 0.0909. The topological polar surface area (TPSA) is 57.4 Å². The molecular formula is C22H18ClN3O. The number of rotatable bonds is 7. The summed E-state index contributed by atoms with van der Waals surface area (Å²) in [6.45, 7) is 0.966. The summed E-state index contributed by atoms with van der Waals surface area (Å²) in [4.78, 5) is 0. The fourth-order valence-electron chi connectivity index (χ4n) is 2.46. The van der Waals surface area contributed by atoms with Gasteiger partial charge in [-0.05, 0) is 41.5 Å². The Morgan fingerprint density at radius 2 is 1.85 bits per heavy atom. The molecule has 27 heavy (non-hydrogen) atoms. The number of benzene rings is 3. The van der Waals surface area contributed by atoms with Crippen molar-refractivity contribution >= 4 is 17.8 Å². The van der Waals surface area contributed by atoms with Gasteiger partial charge in [-0.25, -0.2) is 0 Å². The number of nitrogens with zero attached hydrogens (tertiary/aromatic N) is 2. The van der Waals surface area contributed by atoms with Crippen LogP contribution < -0.4 is 10.2 Å². The number of hydrazone groups is 1. The van der Waals surface area contributed by atoms with Gasteiger partial charge in [-0.2, -0.15) is 10.4 Å². The van der Waals surface area contributed by atoms with Crippen LogP contribution in [0, 0.1) is 11.3 Å². The predicted octanol–water partition coefficient (Wildman–Crippen LogP) is 4.91. The third-order valence-electron chi connectivity index (χ3n) is 3.89. The van der Waals surface area contributed by atoms with E-state index in [0.29, 0.717) is 18.7 Å². The zero-order valence-electron chi connectivity index (χ0n) is 14.6. The van der Waals surface area contributed by atoms with Crippen LogP contribution in [0.3, 0.4) is 0 Å². The van der Waals surface area contributed by atoms with Crippen LogP contribution in [0.25, 0.3) is 0 Å². The molecule has 0 aliphatic heterocycles. The van der Waals surface area contributed by atoms with Gasteiger partial charge >= 0.3 is 0 Å². The molecule has 0 fully saturated rings. The van der Waals surface area contributed by atoms with E-state index >= 15 is 0 Å². The van der Waals surface area contributed by atoms with Crippen LogP contribution in [0.1, 0.15) is 22.3 Å². The molecule has 0 unspecified atom stereocenters. The Morgan fingerprint density at radius 3 is 2.67 bits per heavy atom. The van der Waals surface area contributed by atoms with E-state index < -0.39 is 0 Å². The molecule has 134 valence electrons. The van der Waals surface area contributed by atoms with E-state index in [4.69, 9.17) is 21.6 Å². The zero-order valence-corrected chi connectivity index (χ0v) is 15.4. The van der Waals surface area contributed by atoms with Crippen molar-refractivity contribution in [3.05, 3.63) is 100 Å². The highest BCUT2D eigenvalue weighted by Gasteiger charge is 2.02. The Balaban J connectivity index is 1.55. The molecule has 0 radical (unpaired) electrons. The molecule has 0 amide bonds. The maximum Gasteiger partial charge on any atom is 0.120 e. The number of halogens is 1. The average molecular weight is 376 g/mol. The first kappa shape index (κ1) is 18.5. The summed E-state index contributed by atoms with van der Waals surface area (Å²) < 4.78 is 5.82. The Bertz CT molecular complexity index is 962. The number of nitrogens with one attached hydrogen (secondary N) is 1. The smallest absolute Gasteiger partial charge is 0.120 e. The molecule has 0 bridgehead atoms. The van der Waals surface area contributed by atoms with Gasteiger partial charge in [-0.15, -0.1) is 0 Å². The highest BCUT2D eigenvalue weighted by molar-refractivity contribution is 6.30. The van der Waals surface area contributed by atoms with Gasteiger partial charge in [0.1, 0.15) is 12.4 Å². The highest BCUT2D eigenvalue weighted by atomic mass is 35.5. The van der Waals surface area contributed by atoms with Crippen LogP contribution in [0.2, 0.25) is 5.02 Å². The largest absolute Gasteiger partial charge is 0.489 e. The zero-order chi connectivity index (χ0) is 18.9. The average Bonchev–Trinajstić information content (AvgIpc) is 2.71. The lowest BCUT2D eigenvalue weighted by Gasteiger charge is -2.08. The van der Waals surface area contributed by atoms with E-state index in [0.717, 1.165) is 27.5 Å². The van der Waals surface area contributed by atoms with Gasteiger partial charge in [-0.1, -0.05) is 54.1 Å². The second kappa shape index (κ2) is 9.42. The lowest BCUT2D eigenvalue weighted by atomic mass is 10.1. The third-order valence-corrected chi connectivity index (χ3v) is 4.14. The molecule has 3 aromatic rings. The Hall–Kier alpha value is -3.29. The van der Waals surface area contributed by atoms with Gasteiger partial charge in [-0.3, -0.25) is 0 Å². The van der Waals surface area contributed by atoms with E-state index in [2.05, 4.69) is 16.6 Å². The Morgan fingerprint density at radius 1 is 1.04 bits per heavy atom. The Kier molecular flexibility index (Phi) is 6.45. The van der Waals surface area contributed by atoms with Gasteiger partial charge < -0.3 is 10.2 Å². The van der Waals surface area contributed by atoms with Gasteiger partial charge in [0.25, 0.3) is 0 Å². The summed E-state index contributed by atoms with van der Waals surface area (Å²) in [5.74, 6) is 0.726. The first-order valence-electron chi connectivity index (χ1n) is 8.46. The van der Waals surface area contributed by atoms with Gasteiger partial charge in [0.2, 0.25) is 0 Å². The van der Waals surface area contributed by atoms with E-state index in [1.54, 1.807) is 12.3 Å². The SMILES string of the molecule is N#Cc1ccccc1COc1cccc(/C=N\NCc2ccc(Cl)cc2)c1. The summed E-state index contributed by atoms with van der Waals surface area (Å²) in [5.41, 5.74) is 6.53. The first-order chi connectivity index (χ1) is 13.2. The molecule has 0 saturated heterocycles. The second-order valence-corrected chi connectivity index (χ2v) is 6.29. The molecule has 0 aliphatic rings. The van der Waals surface area contributed by atoms with Crippen LogP contribution in [0.5, 0.6) is 5.75 Å². The van der Waals surface area contributed by atoms with Gasteiger partial charge in [0.15, 0.2) is 0 Å². The van der Waals surface area contributed by atoms with Crippen molar-refractivity contribution < 1.29 is 4.74 Å². The quantitative estimate of drug-likeness (QED) is 0.471. The van der Waals surface area contributed by atoms with Crippen LogP contribution in [-0.2, 0) is 13.2 Å². The maximum absolute atomic E-state index is 9.14. The molecule has 0 saturated carbocycles. The van der Waals surface area contributed by atoms with Crippen molar-refractivity contribution in [2.45, 2.75) is 13.2 Å². The Labute approximate surface area is 163 Å². The molecular weight excluding hydrogens is 358 g/mol. The lowest BCUT2D eigenvalue weighted by Crippen LogP contribution is -2.05. The molecule has 1 N–H and O–H groups in total.